The Bertz CT molecular complexity index is 765. The van der Waals surface area contributed by atoms with E-state index in [0.29, 0.717) is 18.5 Å². The van der Waals surface area contributed by atoms with Crippen molar-refractivity contribution in [2.75, 3.05) is 0 Å². The molecule has 0 saturated heterocycles. The summed E-state index contributed by atoms with van der Waals surface area (Å²) in [6.45, 7) is 9.15. The second-order valence-corrected chi connectivity index (χ2v) is 8.84. The van der Waals surface area contributed by atoms with Crippen LogP contribution in [-0.4, -0.2) is 62.9 Å². The number of carbonyl (C=O) groups excluding carboxylic acids is 3. The lowest BCUT2D eigenvalue weighted by Crippen LogP contribution is -2.56. The van der Waals surface area contributed by atoms with E-state index in [2.05, 4.69) is 25.9 Å². The summed E-state index contributed by atoms with van der Waals surface area (Å²) in [5.74, 6) is -2.51. The van der Waals surface area contributed by atoms with Gasteiger partial charge in [0.25, 0.3) is 0 Å². The molecule has 1 aromatic heterocycles. The molecule has 7 N–H and O–H groups in total. The number of carbonyl (C=O) groups is 4. The van der Waals surface area contributed by atoms with E-state index in [-0.39, 0.29) is 18.3 Å². The van der Waals surface area contributed by atoms with Crippen LogP contribution >= 0.6 is 0 Å². The van der Waals surface area contributed by atoms with Gasteiger partial charge in [0.15, 0.2) is 0 Å². The summed E-state index contributed by atoms with van der Waals surface area (Å²) in [5, 5.41) is 17.0. The topological polar surface area (TPSA) is 179 Å². The number of hydrogen-bond acceptors (Lipinski definition) is 6. The predicted octanol–water partition coefficient (Wildman–Crippen LogP) is -0.0694. The van der Waals surface area contributed by atoms with E-state index in [9.17, 15) is 24.3 Å². The van der Waals surface area contributed by atoms with Gasteiger partial charge in [-0.15, -0.1) is 0 Å². The van der Waals surface area contributed by atoms with Crippen molar-refractivity contribution < 1.29 is 24.3 Å². The van der Waals surface area contributed by atoms with Crippen molar-refractivity contribution in [3.63, 3.8) is 0 Å². The number of aromatic amines is 1. The van der Waals surface area contributed by atoms with Crippen LogP contribution in [0.25, 0.3) is 0 Å². The van der Waals surface area contributed by atoms with Crippen LogP contribution in [0.5, 0.6) is 0 Å². The molecule has 0 fully saturated rings. The minimum atomic E-state index is -1.21. The molecule has 32 heavy (non-hydrogen) atoms. The van der Waals surface area contributed by atoms with Crippen molar-refractivity contribution in [2.24, 2.45) is 17.6 Å². The number of aliphatic carboxylic acids is 1. The molecule has 1 heterocycles. The van der Waals surface area contributed by atoms with Crippen LogP contribution in [0, 0.1) is 11.8 Å². The minimum Gasteiger partial charge on any atom is -0.480 e. The van der Waals surface area contributed by atoms with Gasteiger partial charge in [0.05, 0.1) is 12.4 Å². The first-order valence-corrected chi connectivity index (χ1v) is 10.8. The average molecular weight is 453 g/mol. The summed E-state index contributed by atoms with van der Waals surface area (Å²) in [6, 6.07) is -3.81. The highest BCUT2D eigenvalue weighted by molar-refractivity contribution is 5.93. The van der Waals surface area contributed by atoms with Gasteiger partial charge in [-0.3, -0.25) is 14.4 Å². The zero-order valence-electron chi connectivity index (χ0n) is 19.3. The quantitative estimate of drug-likeness (QED) is 0.242. The number of aromatic nitrogens is 2. The molecule has 0 aromatic carbocycles. The van der Waals surface area contributed by atoms with Gasteiger partial charge in [0.1, 0.15) is 18.1 Å². The molecule has 0 radical (unpaired) electrons. The zero-order chi connectivity index (χ0) is 24.4. The van der Waals surface area contributed by atoms with Crippen LogP contribution in [0.2, 0.25) is 0 Å². The van der Waals surface area contributed by atoms with E-state index >= 15 is 0 Å². The maximum absolute atomic E-state index is 12.8. The van der Waals surface area contributed by atoms with Crippen molar-refractivity contribution >= 4 is 23.7 Å². The number of imidazole rings is 1. The Morgan fingerprint density at radius 1 is 0.938 bits per heavy atom. The Morgan fingerprint density at radius 2 is 1.53 bits per heavy atom. The van der Waals surface area contributed by atoms with E-state index in [0.717, 1.165) is 0 Å². The first-order chi connectivity index (χ1) is 14.9. The monoisotopic (exact) mass is 452 g/mol. The fourth-order valence-electron chi connectivity index (χ4n) is 3.09. The molecule has 1 rings (SSSR count). The number of H-pyrrole nitrogens is 1. The van der Waals surface area contributed by atoms with Gasteiger partial charge >= 0.3 is 5.97 Å². The van der Waals surface area contributed by atoms with Crippen LogP contribution < -0.4 is 21.7 Å². The molecule has 1 aromatic rings. The van der Waals surface area contributed by atoms with Gasteiger partial charge < -0.3 is 31.8 Å². The number of amides is 3. The zero-order valence-corrected chi connectivity index (χ0v) is 19.3. The third-order valence-corrected chi connectivity index (χ3v) is 4.75. The number of nitrogens with one attached hydrogen (secondary N) is 4. The number of carboxylic acid groups (broad SMARTS) is 1. The normalized spacial score (nSPS) is 15.0. The van der Waals surface area contributed by atoms with Crippen molar-refractivity contribution in [1.82, 2.24) is 25.9 Å². The van der Waals surface area contributed by atoms with Crippen LogP contribution in [0.15, 0.2) is 12.5 Å². The first kappa shape index (κ1) is 27.1. The maximum atomic E-state index is 12.8. The third-order valence-electron chi connectivity index (χ3n) is 4.75. The van der Waals surface area contributed by atoms with Crippen molar-refractivity contribution in [1.29, 1.82) is 0 Å². The molecule has 0 bridgehead atoms. The molecule has 0 aliphatic heterocycles. The summed E-state index contributed by atoms with van der Waals surface area (Å²) >= 11 is 0. The van der Waals surface area contributed by atoms with E-state index < -0.39 is 47.9 Å². The SMILES string of the molecule is CC(C)CC(N)C(=O)NC(CC(C)C)C(=O)NC(C)C(=O)NC(Cc1cnc[nH]1)C(=O)O. The summed E-state index contributed by atoms with van der Waals surface area (Å²) in [7, 11) is 0. The molecular formula is C21H36N6O5. The fraction of sp³-hybridized carbons (Fsp3) is 0.667. The molecule has 0 saturated carbocycles. The third kappa shape index (κ3) is 9.46. The number of nitrogens with zero attached hydrogens (tertiary/aromatic N) is 1. The highest BCUT2D eigenvalue weighted by atomic mass is 16.4. The summed E-state index contributed by atoms with van der Waals surface area (Å²) in [4.78, 5) is 55.8. The Morgan fingerprint density at radius 3 is 2.03 bits per heavy atom. The molecule has 0 spiro atoms. The van der Waals surface area contributed by atoms with E-state index in [1.807, 2.05) is 27.7 Å². The van der Waals surface area contributed by atoms with Gasteiger partial charge in [-0.2, -0.15) is 0 Å². The molecule has 11 heteroatoms. The first-order valence-electron chi connectivity index (χ1n) is 10.8. The second-order valence-electron chi connectivity index (χ2n) is 8.84. The standard InChI is InChI=1S/C21H36N6O5/c1-11(2)6-15(22)19(29)26-16(7-12(3)4)20(30)25-13(5)18(28)27-17(21(31)32)8-14-9-23-10-24-14/h9-13,15-17H,6-8,22H2,1-5H3,(H,23,24)(H,25,30)(H,26,29)(H,27,28)(H,31,32). The van der Waals surface area contributed by atoms with Crippen molar-refractivity contribution in [3.8, 4) is 0 Å². The number of carboxylic acids is 1. The Balaban J connectivity index is 2.75. The molecule has 0 aliphatic rings. The van der Waals surface area contributed by atoms with E-state index in [4.69, 9.17) is 5.73 Å². The smallest absolute Gasteiger partial charge is 0.326 e. The lowest BCUT2D eigenvalue weighted by molar-refractivity contribution is -0.142. The van der Waals surface area contributed by atoms with Gasteiger partial charge in [-0.1, -0.05) is 27.7 Å². The lowest BCUT2D eigenvalue weighted by Gasteiger charge is -2.25. The second kappa shape index (κ2) is 12.8. The van der Waals surface area contributed by atoms with Crippen LogP contribution in [0.1, 0.15) is 53.2 Å². The van der Waals surface area contributed by atoms with Gasteiger partial charge in [-0.25, -0.2) is 9.78 Å². The lowest BCUT2D eigenvalue weighted by atomic mass is 10.0. The maximum Gasteiger partial charge on any atom is 0.326 e. The van der Waals surface area contributed by atoms with E-state index in [1.165, 1.54) is 19.4 Å². The number of hydrogen-bond donors (Lipinski definition) is 6. The highest BCUT2D eigenvalue weighted by Gasteiger charge is 2.29. The van der Waals surface area contributed by atoms with Crippen molar-refractivity contribution in [2.45, 2.75) is 78.0 Å². The molecule has 11 nitrogen and oxygen atoms in total. The molecular weight excluding hydrogens is 416 g/mol. The summed E-state index contributed by atoms with van der Waals surface area (Å²) in [6.07, 6.45) is 3.73. The fourth-order valence-corrected chi connectivity index (χ4v) is 3.09. The van der Waals surface area contributed by atoms with Crippen LogP contribution in [0.3, 0.4) is 0 Å². The molecule has 4 atom stereocenters. The van der Waals surface area contributed by atoms with Gasteiger partial charge in [0, 0.05) is 18.3 Å². The number of nitrogens with two attached hydrogens (primary N) is 1. The van der Waals surface area contributed by atoms with Gasteiger partial charge in [0.2, 0.25) is 17.7 Å². The molecule has 4 unspecified atom stereocenters. The Hall–Kier alpha value is -2.95. The molecule has 3 amide bonds. The molecule has 180 valence electrons. The number of rotatable bonds is 13. The van der Waals surface area contributed by atoms with Gasteiger partial charge in [-0.05, 0) is 31.6 Å². The van der Waals surface area contributed by atoms with Crippen LogP contribution in [-0.2, 0) is 25.6 Å². The van der Waals surface area contributed by atoms with Crippen molar-refractivity contribution in [3.05, 3.63) is 18.2 Å². The largest absolute Gasteiger partial charge is 0.480 e. The predicted molar refractivity (Wildman–Crippen MR) is 118 cm³/mol. The van der Waals surface area contributed by atoms with E-state index in [1.54, 1.807) is 0 Å². The Kier molecular flexibility index (Phi) is 10.8. The van der Waals surface area contributed by atoms with Crippen LogP contribution in [0.4, 0.5) is 0 Å². The minimum absolute atomic E-state index is 0.0154. The summed E-state index contributed by atoms with van der Waals surface area (Å²) in [5.41, 5.74) is 6.46. The average Bonchev–Trinajstić information content (AvgIpc) is 3.18. The molecule has 0 aliphatic carbocycles. The summed E-state index contributed by atoms with van der Waals surface area (Å²) < 4.78 is 0. The highest BCUT2D eigenvalue weighted by Crippen LogP contribution is 2.08. The Labute approximate surface area is 188 Å².